The number of fused-ring (bicyclic) bond motifs is 1. The molecule has 31 heavy (non-hydrogen) atoms. The minimum atomic E-state index is -3.53. The Labute approximate surface area is 186 Å². The lowest BCUT2D eigenvalue weighted by molar-refractivity contribution is -0.292. The molecule has 0 bridgehead atoms. The van der Waals surface area contributed by atoms with E-state index in [9.17, 15) is 0 Å². The van der Waals surface area contributed by atoms with E-state index in [4.69, 9.17) is 4.74 Å². The van der Waals surface area contributed by atoms with Gasteiger partial charge in [-0.15, -0.1) is 0 Å². The molecule has 2 fully saturated rings. The van der Waals surface area contributed by atoms with Gasteiger partial charge in [-0.1, -0.05) is 64.5 Å². The predicted molar refractivity (Wildman–Crippen MR) is 119 cm³/mol. The van der Waals surface area contributed by atoms with E-state index in [0.29, 0.717) is 23.5 Å². The molecule has 0 spiro atoms. The summed E-state index contributed by atoms with van der Waals surface area (Å²) in [6.45, 7) is 4.40. The minimum absolute atomic E-state index is 0.0563. The van der Waals surface area contributed by atoms with Gasteiger partial charge in [0.2, 0.25) is 0 Å². The Hall–Kier alpha value is -1.03. The quantitative estimate of drug-likeness (QED) is 0.434. The predicted octanol–water partition coefficient (Wildman–Crippen LogP) is 8.50. The van der Waals surface area contributed by atoms with Crippen molar-refractivity contribution in [3.63, 3.8) is 0 Å². The van der Waals surface area contributed by atoms with Gasteiger partial charge in [0, 0.05) is 0 Å². The first-order valence-corrected chi connectivity index (χ1v) is 12.8. The maximum atomic E-state index is 15.4. The highest BCUT2D eigenvalue weighted by Gasteiger charge is 2.48. The second-order valence-corrected chi connectivity index (χ2v) is 10.5. The number of benzene rings is 1. The van der Waals surface area contributed by atoms with Gasteiger partial charge in [0.25, 0.3) is 0 Å². The molecule has 2 saturated carbocycles. The van der Waals surface area contributed by atoms with Crippen molar-refractivity contribution in [3.8, 4) is 0 Å². The maximum Gasteiger partial charge on any atom is 0.386 e. The Kier molecular flexibility index (Phi) is 7.35. The van der Waals surface area contributed by atoms with Crippen LogP contribution in [0.2, 0.25) is 0 Å². The number of hydrogen-bond donors (Lipinski definition) is 0. The zero-order chi connectivity index (χ0) is 22.0. The van der Waals surface area contributed by atoms with Crippen LogP contribution in [0.25, 0.3) is 0 Å². The van der Waals surface area contributed by atoms with Crippen LogP contribution in [0.3, 0.4) is 0 Å². The van der Waals surface area contributed by atoms with Crippen molar-refractivity contribution in [1.82, 2.24) is 0 Å². The standard InChI is InChI=1S/C27H39F3O/c1-3-5-18-7-11-20(12-8-18)23-16-15-22-17-24(31-27(29,30)25(22)26(23)28)21-13-9-19(6-4-2)10-14-21/h15-16,18-21,24H,3-14,17H2,1-2H3. The Bertz CT molecular complexity index is 730. The fourth-order valence-corrected chi connectivity index (χ4v) is 6.63. The Morgan fingerprint density at radius 1 is 0.871 bits per heavy atom. The summed E-state index contributed by atoms with van der Waals surface area (Å²) in [4.78, 5) is 0. The van der Waals surface area contributed by atoms with Crippen molar-refractivity contribution in [2.24, 2.45) is 17.8 Å². The molecule has 0 saturated heterocycles. The van der Waals surface area contributed by atoms with Crippen molar-refractivity contribution in [3.05, 3.63) is 34.6 Å². The smallest absolute Gasteiger partial charge is 0.312 e. The largest absolute Gasteiger partial charge is 0.386 e. The second kappa shape index (κ2) is 9.85. The molecule has 1 atom stereocenters. The molecular formula is C27H39F3O. The molecule has 2 aliphatic carbocycles. The van der Waals surface area contributed by atoms with E-state index in [-0.39, 0.29) is 11.8 Å². The van der Waals surface area contributed by atoms with Crippen LogP contribution in [0, 0.1) is 23.6 Å². The highest BCUT2D eigenvalue weighted by molar-refractivity contribution is 5.39. The average molecular weight is 437 g/mol. The summed E-state index contributed by atoms with van der Waals surface area (Å²) >= 11 is 0. The van der Waals surface area contributed by atoms with Gasteiger partial charge in [-0.05, 0) is 79.7 Å². The molecule has 0 N–H and O–H groups in total. The van der Waals surface area contributed by atoms with Gasteiger partial charge in [-0.2, -0.15) is 8.78 Å². The molecule has 4 heteroatoms. The van der Waals surface area contributed by atoms with Crippen molar-refractivity contribution in [1.29, 1.82) is 0 Å². The molecule has 1 unspecified atom stereocenters. The zero-order valence-corrected chi connectivity index (χ0v) is 19.3. The van der Waals surface area contributed by atoms with Crippen LogP contribution in [-0.4, -0.2) is 6.10 Å². The Morgan fingerprint density at radius 2 is 1.45 bits per heavy atom. The number of alkyl halides is 2. The van der Waals surface area contributed by atoms with Crippen molar-refractivity contribution < 1.29 is 17.9 Å². The van der Waals surface area contributed by atoms with Gasteiger partial charge in [0.05, 0.1) is 11.7 Å². The van der Waals surface area contributed by atoms with E-state index in [0.717, 1.165) is 57.3 Å². The monoisotopic (exact) mass is 436 g/mol. The molecule has 1 aliphatic heterocycles. The van der Waals surface area contributed by atoms with Gasteiger partial charge in [0.1, 0.15) is 5.82 Å². The summed E-state index contributed by atoms with van der Waals surface area (Å²) in [5.41, 5.74) is 0.463. The number of hydrogen-bond acceptors (Lipinski definition) is 1. The maximum absolute atomic E-state index is 15.4. The lowest BCUT2D eigenvalue weighted by atomic mass is 9.74. The van der Waals surface area contributed by atoms with E-state index < -0.39 is 23.6 Å². The van der Waals surface area contributed by atoms with Gasteiger partial charge in [0.15, 0.2) is 0 Å². The van der Waals surface area contributed by atoms with Crippen LogP contribution < -0.4 is 0 Å². The van der Waals surface area contributed by atoms with Gasteiger partial charge in [-0.25, -0.2) is 4.39 Å². The third kappa shape index (κ3) is 4.99. The second-order valence-electron chi connectivity index (χ2n) is 10.5. The molecule has 1 nitrogen and oxygen atoms in total. The van der Waals surface area contributed by atoms with E-state index in [2.05, 4.69) is 13.8 Å². The van der Waals surface area contributed by atoms with Crippen LogP contribution in [0.1, 0.15) is 114 Å². The summed E-state index contributed by atoms with van der Waals surface area (Å²) in [6.07, 6.45) is 9.23. The first-order valence-electron chi connectivity index (χ1n) is 12.8. The molecular weight excluding hydrogens is 397 g/mol. The van der Waals surface area contributed by atoms with Gasteiger partial charge >= 0.3 is 6.11 Å². The average Bonchev–Trinajstić information content (AvgIpc) is 2.75. The van der Waals surface area contributed by atoms with Crippen molar-refractivity contribution in [2.75, 3.05) is 0 Å². The highest BCUT2D eigenvalue weighted by atomic mass is 19.3. The minimum Gasteiger partial charge on any atom is -0.312 e. The summed E-state index contributed by atoms with van der Waals surface area (Å²) in [5.74, 6) is 0.945. The Balaban J connectivity index is 1.48. The topological polar surface area (TPSA) is 9.23 Å². The highest BCUT2D eigenvalue weighted by Crippen LogP contribution is 2.47. The molecule has 0 radical (unpaired) electrons. The SMILES string of the molecule is CCCC1CCC(c2ccc3c(c2F)C(F)(F)OC(C2CCC(CCC)CC2)C3)CC1. The van der Waals surface area contributed by atoms with Crippen molar-refractivity contribution >= 4 is 0 Å². The van der Waals surface area contributed by atoms with Crippen molar-refractivity contribution in [2.45, 2.75) is 115 Å². The van der Waals surface area contributed by atoms with Gasteiger partial charge < -0.3 is 4.74 Å². The van der Waals surface area contributed by atoms with Gasteiger partial charge in [-0.3, -0.25) is 0 Å². The molecule has 1 aromatic rings. The molecule has 174 valence electrons. The molecule has 1 heterocycles. The van der Waals surface area contributed by atoms with Crippen LogP contribution in [-0.2, 0) is 17.3 Å². The molecule has 0 aromatic heterocycles. The van der Waals surface area contributed by atoms with E-state index in [1.807, 2.05) is 0 Å². The summed E-state index contributed by atoms with van der Waals surface area (Å²) < 4.78 is 51.0. The first kappa shape index (κ1) is 23.1. The summed E-state index contributed by atoms with van der Waals surface area (Å²) in [7, 11) is 0. The zero-order valence-electron chi connectivity index (χ0n) is 19.3. The Morgan fingerprint density at radius 3 is 2.03 bits per heavy atom. The molecule has 4 rings (SSSR count). The first-order chi connectivity index (χ1) is 14.9. The number of halogens is 3. The summed E-state index contributed by atoms with van der Waals surface area (Å²) in [6, 6.07) is 3.58. The number of ether oxygens (including phenoxy) is 1. The third-order valence-electron chi connectivity index (χ3n) is 8.37. The fraction of sp³-hybridized carbons (Fsp3) is 0.778. The van der Waals surface area contributed by atoms with Crippen LogP contribution in [0.15, 0.2) is 12.1 Å². The number of rotatable bonds is 6. The molecule has 3 aliphatic rings. The lowest BCUT2D eigenvalue weighted by Crippen LogP contribution is -2.40. The molecule has 1 aromatic carbocycles. The fourth-order valence-electron chi connectivity index (χ4n) is 6.63. The van der Waals surface area contributed by atoms with E-state index in [1.54, 1.807) is 12.1 Å². The normalized spacial score (nSPS) is 33.1. The van der Waals surface area contributed by atoms with Crippen LogP contribution in [0.5, 0.6) is 0 Å². The lowest BCUT2D eigenvalue weighted by Gasteiger charge is -2.39. The van der Waals surface area contributed by atoms with Crippen LogP contribution >= 0.6 is 0 Å². The summed E-state index contributed by atoms with van der Waals surface area (Å²) in [5, 5.41) is 0. The van der Waals surface area contributed by atoms with E-state index >= 15 is 13.2 Å². The van der Waals surface area contributed by atoms with Crippen LogP contribution in [0.4, 0.5) is 13.2 Å². The van der Waals surface area contributed by atoms with E-state index in [1.165, 1.54) is 25.7 Å². The third-order valence-corrected chi connectivity index (χ3v) is 8.37. The molecule has 0 amide bonds.